The molecular weight excluding hydrogens is 314 g/mol. The summed E-state index contributed by atoms with van der Waals surface area (Å²) in [6.45, 7) is 4.04. The van der Waals surface area contributed by atoms with E-state index in [0.29, 0.717) is 6.42 Å². The van der Waals surface area contributed by atoms with E-state index in [-0.39, 0.29) is 12.5 Å². The Morgan fingerprint density at radius 2 is 1.56 bits per heavy atom. The van der Waals surface area contributed by atoms with Gasteiger partial charge in [-0.05, 0) is 32.1 Å². The average molecular weight is 354 g/mol. The SMILES string of the molecule is CCCCCC/C=C/CC/C=C/C(O)C(CO)NC(=O)CCCCC. The lowest BCUT2D eigenvalue weighted by atomic mass is 10.1. The third-order valence-corrected chi connectivity index (χ3v) is 4.19. The molecule has 0 aliphatic carbocycles. The molecule has 4 heteroatoms. The maximum atomic E-state index is 11.8. The van der Waals surface area contributed by atoms with Crippen molar-refractivity contribution >= 4 is 5.91 Å². The van der Waals surface area contributed by atoms with Gasteiger partial charge < -0.3 is 15.5 Å². The molecule has 0 aliphatic rings. The molecule has 0 saturated heterocycles. The molecule has 0 fully saturated rings. The van der Waals surface area contributed by atoms with Crippen molar-refractivity contribution in [3.05, 3.63) is 24.3 Å². The molecule has 0 aromatic rings. The van der Waals surface area contributed by atoms with E-state index in [1.165, 1.54) is 25.7 Å². The standard InChI is InChI=1S/C21H39NO3/c1-3-5-7-8-9-10-11-12-13-15-16-20(24)19(18-23)22-21(25)17-14-6-4-2/h10-11,15-16,19-20,23-24H,3-9,12-14,17-18H2,1-2H3,(H,22,25)/b11-10+,16-15+. The smallest absolute Gasteiger partial charge is 0.220 e. The summed E-state index contributed by atoms with van der Waals surface area (Å²) in [5, 5.41) is 22.1. The summed E-state index contributed by atoms with van der Waals surface area (Å²) in [6, 6.07) is -0.625. The molecule has 0 aromatic carbocycles. The van der Waals surface area contributed by atoms with Gasteiger partial charge in [-0.2, -0.15) is 0 Å². The van der Waals surface area contributed by atoms with Crippen LogP contribution in [0.1, 0.15) is 84.5 Å². The molecule has 2 atom stereocenters. The van der Waals surface area contributed by atoms with E-state index >= 15 is 0 Å². The molecule has 0 radical (unpaired) electrons. The fraction of sp³-hybridized carbons (Fsp3) is 0.762. The van der Waals surface area contributed by atoms with Crippen LogP contribution in [0.25, 0.3) is 0 Å². The van der Waals surface area contributed by atoms with Gasteiger partial charge in [0.25, 0.3) is 0 Å². The highest BCUT2D eigenvalue weighted by Crippen LogP contribution is 2.05. The van der Waals surface area contributed by atoms with E-state index in [9.17, 15) is 15.0 Å². The molecule has 0 bridgehead atoms. The molecule has 3 N–H and O–H groups in total. The number of allylic oxidation sites excluding steroid dienone is 3. The summed E-state index contributed by atoms with van der Waals surface area (Å²) in [6.07, 6.45) is 18.6. The van der Waals surface area contributed by atoms with Crippen LogP contribution in [0.15, 0.2) is 24.3 Å². The van der Waals surface area contributed by atoms with Crippen molar-refractivity contribution in [1.29, 1.82) is 0 Å². The Labute approximate surface area is 154 Å². The highest BCUT2D eigenvalue weighted by molar-refractivity contribution is 5.76. The fourth-order valence-electron chi connectivity index (χ4n) is 2.54. The summed E-state index contributed by atoms with van der Waals surface area (Å²) in [5.74, 6) is -0.106. The first-order valence-corrected chi connectivity index (χ1v) is 10.1. The normalized spacial score (nSPS) is 14.2. The largest absolute Gasteiger partial charge is 0.394 e. The van der Waals surface area contributed by atoms with E-state index in [4.69, 9.17) is 0 Å². The molecule has 2 unspecified atom stereocenters. The highest BCUT2D eigenvalue weighted by atomic mass is 16.3. The van der Waals surface area contributed by atoms with Crippen molar-refractivity contribution in [3.63, 3.8) is 0 Å². The molecule has 0 aromatic heterocycles. The van der Waals surface area contributed by atoms with Gasteiger partial charge in [0.2, 0.25) is 5.91 Å². The van der Waals surface area contributed by atoms with Crippen LogP contribution >= 0.6 is 0 Å². The number of hydrogen-bond donors (Lipinski definition) is 3. The second kappa shape index (κ2) is 17.7. The number of carbonyl (C=O) groups excluding carboxylic acids is 1. The number of hydrogen-bond acceptors (Lipinski definition) is 3. The maximum absolute atomic E-state index is 11.8. The quantitative estimate of drug-likeness (QED) is 0.287. The number of aliphatic hydroxyl groups excluding tert-OH is 2. The minimum Gasteiger partial charge on any atom is -0.394 e. The Bertz CT molecular complexity index is 366. The minimum atomic E-state index is -0.849. The van der Waals surface area contributed by atoms with Gasteiger partial charge in [0.1, 0.15) is 0 Å². The van der Waals surface area contributed by atoms with Gasteiger partial charge in [-0.25, -0.2) is 0 Å². The van der Waals surface area contributed by atoms with E-state index in [1.807, 2.05) is 6.08 Å². The number of carbonyl (C=O) groups is 1. The lowest BCUT2D eigenvalue weighted by Crippen LogP contribution is -2.45. The number of amides is 1. The predicted molar refractivity (Wildman–Crippen MR) is 105 cm³/mol. The van der Waals surface area contributed by atoms with Gasteiger partial charge in [-0.15, -0.1) is 0 Å². The first kappa shape index (κ1) is 23.9. The van der Waals surface area contributed by atoms with Crippen molar-refractivity contribution in [1.82, 2.24) is 5.32 Å². The molecule has 146 valence electrons. The van der Waals surface area contributed by atoms with E-state index < -0.39 is 12.1 Å². The second-order valence-corrected chi connectivity index (χ2v) is 6.63. The minimum absolute atomic E-state index is 0.106. The van der Waals surface area contributed by atoms with E-state index in [1.54, 1.807) is 6.08 Å². The molecular formula is C21H39NO3. The lowest BCUT2D eigenvalue weighted by molar-refractivity contribution is -0.123. The van der Waals surface area contributed by atoms with E-state index in [2.05, 4.69) is 31.3 Å². The van der Waals surface area contributed by atoms with Crippen LogP contribution in [-0.4, -0.2) is 34.9 Å². The van der Waals surface area contributed by atoms with Crippen LogP contribution in [0.2, 0.25) is 0 Å². The topological polar surface area (TPSA) is 69.6 Å². The van der Waals surface area contributed by atoms with Crippen molar-refractivity contribution in [3.8, 4) is 0 Å². The molecule has 0 spiro atoms. The molecule has 0 rings (SSSR count). The van der Waals surface area contributed by atoms with Gasteiger partial charge >= 0.3 is 0 Å². The number of aliphatic hydroxyl groups is 2. The summed E-state index contributed by atoms with van der Waals surface area (Å²) in [7, 11) is 0. The molecule has 25 heavy (non-hydrogen) atoms. The Morgan fingerprint density at radius 3 is 2.24 bits per heavy atom. The molecule has 0 aliphatic heterocycles. The summed E-state index contributed by atoms with van der Waals surface area (Å²) >= 11 is 0. The zero-order chi connectivity index (χ0) is 18.8. The zero-order valence-electron chi connectivity index (χ0n) is 16.3. The fourth-order valence-corrected chi connectivity index (χ4v) is 2.54. The Hall–Kier alpha value is -1.13. The van der Waals surface area contributed by atoms with Gasteiger partial charge in [0.15, 0.2) is 0 Å². The average Bonchev–Trinajstić information content (AvgIpc) is 2.61. The van der Waals surface area contributed by atoms with Crippen LogP contribution < -0.4 is 5.32 Å². The monoisotopic (exact) mass is 353 g/mol. The summed E-state index contributed by atoms with van der Waals surface area (Å²) in [5.41, 5.74) is 0. The molecule has 0 saturated carbocycles. The highest BCUT2D eigenvalue weighted by Gasteiger charge is 2.17. The first-order chi connectivity index (χ1) is 12.2. The van der Waals surface area contributed by atoms with Crippen molar-refractivity contribution in [2.45, 2.75) is 96.6 Å². The second-order valence-electron chi connectivity index (χ2n) is 6.63. The van der Waals surface area contributed by atoms with Crippen molar-refractivity contribution in [2.24, 2.45) is 0 Å². The van der Waals surface area contributed by atoms with Crippen LogP contribution in [0.5, 0.6) is 0 Å². The Kier molecular flexibility index (Phi) is 16.9. The number of nitrogens with one attached hydrogen (secondary N) is 1. The molecule has 4 nitrogen and oxygen atoms in total. The zero-order valence-corrected chi connectivity index (χ0v) is 16.3. The van der Waals surface area contributed by atoms with Gasteiger partial charge in [-0.1, -0.05) is 70.3 Å². The third kappa shape index (κ3) is 14.9. The van der Waals surface area contributed by atoms with Crippen LogP contribution in [-0.2, 0) is 4.79 Å². The van der Waals surface area contributed by atoms with E-state index in [0.717, 1.165) is 38.5 Å². The molecule has 1 amide bonds. The maximum Gasteiger partial charge on any atom is 0.220 e. The van der Waals surface area contributed by atoms with Crippen LogP contribution in [0.3, 0.4) is 0 Å². The Balaban J connectivity index is 3.90. The van der Waals surface area contributed by atoms with Gasteiger partial charge in [0, 0.05) is 6.42 Å². The number of rotatable bonds is 16. The van der Waals surface area contributed by atoms with Gasteiger partial charge in [0.05, 0.1) is 18.8 Å². The van der Waals surface area contributed by atoms with Crippen molar-refractivity contribution < 1.29 is 15.0 Å². The number of unbranched alkanes of at least 4 members (excludes halogenated alkanes) is 7. The lowest BCUT2D eigenvalue weighted by Gasteiger charge is -2.19. The predicted octanol–water partition coefficient (Wildman–Crippen LogP) is 4.27. The first-order valence-electron chi connectivity index (χ1n) is 10.1. The molecule has 0 heterocycles. The van der Waals surface area contributed by atoms with Crippen LogP contribution in [0.4, 0.5) is 0 Å². The van der Waals surface area contributed by atoms with Crippen molar-refractivity contribution in [2.75, 3.05) is 6.61 Å². The summed E-state index contributed by atoms with van der Waals surface area (Å²) in [4.78, 5) is 11.8. The third-order valence-electron chi connectivity index (χ3n) is 4.19. The Morgan fingerprint density at radius 1 is 0.920 bits per heavy atom. The van der Waals surface area contributed by atoms with Gasteiger partial charge in [-0.3, -0.25) is 4.79 Å². The van der Waals surface area contributed by atoms with Crippen LogP contribution in [0, 0.1) is 0 Å². The summed E-state index contributed by atoms with van der Waals surface area (Å²) < 4.78 is 0.